The van der Waals surface area contributed by atoms with Gasteiger partial charge in [0.15, 0.2) is 6.61 Å². The highest BCUT2D eigenvalue weighted by atomic mass is 16.5. The van der Waals surface area contributed by atoms with Gasteiger partial charge in [-0.3, -0.25) is 4.79 Å². The Hall–Kier alpha value is -2.97. The summed E-state index contributed by atoms with van der Waals surface area (Å²) in [5.74, 6) is -0.808. The van der Waals surface area contributed by atoms with E-state index in [1.807, 2.05) is 0 Å². The molecule has 0 radical (unpaired) electrons. The Morgan fingerprint density at radius 3 is 2.46 bits per heavy atom. The molecule has 0 bridgehead atoms. The number of carbonyl (C=O) groups is 2. The lowest BCUT2D eigenvalue weighted by Crippen LogP contribution is -2.46. The Kier molecular flexibility index (Phi) is 5.46. The number of aromatic nitrogens is 4. The normalized spacial score (nSPS) is 12.0. The summed E-state index contributed by atoms with van der Waals surface area (Å²) in [6, 6.07) is 5.91. The first-order valence-corrected chi connectivity index (χ1v) is 7.36. The SMILES string of the molecule is CC(C)[C@@H](NC(=O)COc1ccc(-c2nnn(C)n2)cc1)C(=O)O. The van der Waals surface area contributed by atoms with Crippen LogP contribution in [0.25, 0.3) is 11.4 Å². The summed E-state index contributed by atoms with van der Waals surface area (Å²) in [5, 5.41) is 23.2. The van der Waals surface area contributed by atoms with Crippen LogP contribution >= 0.6 is 0 Å². The number of hydrogen-bond acceptors (Lipinski definition) is 6. The van der Waals surface area contributed by atoms with Gasteiger partial charge in [-0.15, -0.1) is 10.2 Å². The number of amides is 1. The lowest BCUT2D eigenvalue weighted by Gasteiger charge is -2.17. The highest BCUT2D eigenvalue weighted by molar-refractivity contribution is 5.84. The molecule has 1 amide bonds. The highest BCUT2D eigenvalue weighted by Crippen LogP contribution is 2.18. The minimum atomic E-state index is -1.07. The predicted octanol–water partition coefficient (Wildman–Crippen LogP) is 0.481. The third-order valence-corrected chi connectivity index (χ3v) is 3.24. The zero-order chi connectivity index (χ0) is 17.7. The van der Waals surface area contributed by atoms with Gasteiger partial charge in [-0.05, 0) is 35.4 Å². The van der Waals surface area contributed by atoms with Crippen LogP contribution in [-0.4, -0.2) is 49.8 Å². The van der Waals surface area contributed by atoms with Gasteiger partial charge in [-0.1, -0.05) is 13.8 Å². The number of hydrogen-bond donors (Lipinski definition) is 2. The molecule has 1 aromatic heterocycles. The van der Waals surface area contributed by atoms with Crippen LogP contribution in [0.1, 0.15) is 13.8 Å². The number of aryl methyl sites for hydroxylation is 1. The molecule has 24 heavy (non-hydrogen) atoms. The maximum Gasteiger partial charge on any atom is 0.326 e. The average Bonchev–Trinajstić information content (AvgIpc) is 2.97. The smallest absolute Gasteiger partial charge is 0.326 e. The first kappa shape index (κ1) is 17.4. The molecule has 0 saturated heterocycles. The predicted molar refractivity (Wildman–Crippen MR) is 84.1 cm³/mol. The van der Waals surface area contributed by atoms with E-state index in [1.54, 1.807) is 45.2 Å². The van der Waals surface area contributed by atoms with Crippen LogP contribution in [-0.2, 0) is 16.6 Å². The van der Waals surface area contributed by atoms with Gasteiger partial charge in [-0.25, -0.2) is 4.79 Å². The van der Waals surface area contributed by atoms with Gasteiger partial charge in [0.2, 0.25) is 5.82 Å². The summed E-state index contributed by atoms with van der Waals surface area (Å²) >= 11 is 0. The number of nitrogens with zero attached hydrogens (tertiary/aromatic N) is 4. The van der Waals surface area contributed by atoms with E-state index in [4.69, 9.17) is 9.84 Å². The van der Waals surface area contributed by atoms with Crippen molar-refractivity contribution in [3.05, 3.63) is 24.3 Å². The van der Waals surface area contributed by atoms with Crippen molar-refractivity contribution in [2.45, 2.75) is 19.9 Å². The molecular weight excluding hydrogens is 314 g/mol. The molecule has 0 saturated carbocycles. The van der Waals surface area contributed by atoms with Crippen molar-refractivity contribution in [2.75, 3.05) is 6.61 Å². The van der Waals surface area contributed by atoms with Crippen molar-refractivity contribution in [1.29, 1.82) is 0 Å². The number of tetrazole rings is 1. The number of carboxylic acid groups (broad SMARTS) is 1. The van der Waals surface area contributed by atoms with Gasteiger partial charge in [0.05, 0.1) is 7.05 Å². The van der Waals surface area contributed by atoms with Crippen LogP contribution in [0.15, 0.2) is 24.3 Å². The van der Waals surface area contributed by atoms with E-state index >= 15 is 0 Å². The summed E-state index contributed by atoms with van der Waals surface area (Å²) in [7, 11) is 1.67. The van der Waals surface area contributed by atoms with Crippen molar-refractivity contribution >= 4 is 11.9 Å². The molecule has 2 aromatic rings. The molecule has 0 fully saturated rings. The largest absolute Gasteiger partial charge is 0.484 e. The summed E-state index contributed by atoms with van der Waals surface area (Å²) in [6.45, 7) is 3.18. The summed E-state index contributed by atoms with van der Waals surface area (Å²) in [4.78, 5) is 24.2. The van der Waals surface area contributed by atoms with Crippen LogP contribution < -0.4 is 10.1 Å². The number of nitrogens with one attached hydrogen (secondary N) is 1. The fourth-order valence-corrected chi connectivity index (χ4v) is 1.98. The fourth-order valence-electron chi connectivity index (χ4n) is 1.98. The number of carboxylic acids is 1. The molecule has 0 aliphatic carbocycles. The van der Waals surface area contributed by atoms with Crippen LogP contribution in [0.4, 0.5) is 0 Å². The molecule has 9 heteroatoms. The van der Waals surface area contributed by atoms with E-state index in [9.17, 15) is 9.59 Å². The third kappa shape index (κ3) is 4.51. The molecule has 128 valence electrons. The van der Waals surface area contributed by atoms with Crippen molar-refractivity contribution in [1.82, 2.24) is 25.5 Å². The van der Waals surface area contributed by atoms with Crippen molar-refractivity contribution in [3.63, 3.8) is 0 Å². The monoisotopic (exact) mass is 333 g/mol. The van der Waals surface area contributed by atoms with Crippen molar-refractivity contribution < 1.29 is 19.4 Å². The Morgan fingerprint density at radius 1 is 1.29 bits per heavy atom. The maximum absolute atomic E-state index is 11.8. The highest BCUT2D eigenvalue weighted by Gasteiger charge is 2.23. The summed E-state index contributed by atoms with van der Waals surface area (Å²) < 4.78 is 5.36. The molecule has 0 aliphatic heterocycles. The molecule has 0 unspecified atom stereocenters. The fraction of sp³-hybridized carbons (Fsp3) is 0.400. The van der Waals surface area contributed by atoms with Gasteiger partial charge in [0, 0.05) is 5.56 Å². The third-order valence-electron chi connectivity index (χ3n) is 3.24. The van der Waals surface area contributed by atoms with E-state index in [1.165, 1.54) is 4.80 Å². The Morgan fingerprint density at radius 2 is 1.96 bits per heavy atom. The van der Waals surface area contributed by atoms with Crippen LogP contribution in [0, 0.1) is 5.92 Å². The van der Waals surface area contributed by atoms with Gasteiger partial charge < -0.3 is 15.2 Å². The number of carbonyl (C=O) groups excluding carboxylic acids is 1. The topological polar surface area (TPSA) is 119 Å². The van der Waals surface area contributed by atoms with E-state index < -0.39 is 17.9 Å². The first-order chi connectivity index (χ1) is 11.4. The minimum Gasteiger partial charge on any atom is -0.484 e. The van der Waals surface area contributed by atoms with Crippen LogP contribution in [0.2, 0.25) is 0 Å². The molecular formula is C15H19N5O4. The molecule has 1 atom stereocenters. The summed E-state index contributed by atoms with van der Waals surface area (Å²) in [5.41, 5.74) is 0.769. The minimum absolute atomic E-state index is 0.217. The zero-order valence-electron chi connectivity index (χ0n) is 13.6. The molecule has 0 spiro atoms. The van der Waals surface area contributed by atoms with E-state index in [2.05, 4.69) is 20.7 Å². The van der Waals surface area contributed by atoms with Gasteiger partial charge in [-0.2, -0.15) is 4.80 Å². The van der Waals surface area contributed by atoms with Crippen LogP contribution in [0.5, 0.6) is 5.75 Å². The van der Waals surface area contributed by atoms with Gasteiger partial charge in [0.1, 0.15) is 11.8 Å². The van der Waals surface area contributed by atoms with E-state index in [-0.39, 0.29) is 12.5 Å². The molecule has 1 heterocycles. The Labute approximate surface area is 138 Å². The van der Waals surface area contributed by atoms with E-state index in [0.717, 1.165) is 5.56 Å². The molecule has 9 nitrogen and oxygen atoms in total. The number of benzene rings is 1. The van der Waals surface area contributed by atoms with Gasteiger partial charge >= 0.3 is 5.97 Å². The molecule has 2 N–H and O–H groups in total. The number of rotatable bonds is 7. The molecule has 2 rings (SSSR count). The van der Waals surface area contributed by atoms with Crippen molar-refractivity contribution in [3.8, 4) is 17.1 Å². The molecule has 0 aliphatic rings. The number of aliphatic carboxylic acids is 1. The Balaban J connectivity index is 1.90. The first-order valence-electron chi connectivity index (χ1n) is 7.36. The van der Waals surface area contributed by atoms with E-state index in [0.29, 0.717) is 11.6 Å². The lowest BCUT2D eigenvalue weighted by molar-refractivity contribution is -0.143. The van der Waals surface area contributed by atoms with Crippen molar-refractivity contribution in [2.24, 2.45) is 13.0 Å². The zero-order valence-corrected chi connectivity index (χ0v) is 13.6. The second kappa shape index (κ2) is 7.53. The Bertz CT molecular complexity index is 711. The van der Waals surface area contributed by atoms with Gasteiger partial charge in [0.25, 0.3) is 5.91 Å². The second-order valence-electron chi connectivity index (χ2n) is 5.54. The second-order valence-corrected chi connectivity index (χ2v) is 5.54. The average molecular weight is 333 g/mol. The lowest BCUT2D eigenvalue weighted by atomic mass is 10.1. The number of ether oxygens (including phenoxy) is 1. The maximum atomic E-state index is 11.8. The standard InChI is InChI=1S/C15H19N5O4/c1-9(2)13(15(22)23)16-12(21)8-24-11-6-4-10(5-7-11)14-17-19-20(3)18-14/h4-7,9,13H,8H2,1-3H3,(H,16,21)(H,22,23)/t13-/m1/s1. The van der Waals surface area contributed by atoms with Crippen LogP contribution in [0.3, 0.4) is 0 Å². The summed E-state index contributed by atoms with van der Waals surface area (Å²) in [6.07, 6.45) is 0. The quantitative estimate of drug-likeness (QED) is 0.756. The molecule has 1 aromatic carbocycles.